The van der Waals surface area contributed by atoms with Gasteiger partial charge in [0.25, 0.3) is 5.91 Å². The summed E-state index contributed by atoms with van der Waals surface area (Å²) in [6.45, 7) is 2.89. The predicted octanol–water partition coefficient (Wildman–Crippen LogP) is 3.03. The number of carbonyl (C=O) groups is 2. The lowest BCUT2D eigenvalue weighted by atomic mass is 10.1. The normalized spacial score (nSPS) is 16.9. The zero-order valence-corrected chi connectivity index (χ0v) is 15.4. The lowest BCUT2D eigenvalue weighted by Gasteiger charge is -2.23. The average Bonchev–Trinajstić information content (AvgIpc) is 2.87. The van der Waals surface area contributed by atoms with Crippen LogP contribution in [-0.4, -0.2) is 39.3 Å². The van der Waals surface area contributed by atoms with E-state index in [-0.39, 0.29) is 18.2 Å². The van der Waals surface area contributed by atoms with Crippen LogP contribution in [0.5, 0.6) is 0 Å². The first-order chi connectivity index (χ1) is 12.6. The van der Waals surface area contributed by atoms with Crippen LogP contribution in [-0.2, 0) is 16.1 Å². The highest BCUT2D eigenvalue weighted by Gasteiger charge is 2.42. The molecule has 1 aliphatic rings. The molecule has 6 heteroatoms. The number of para-hydroxylation sites is 1. The number of rotatable bonds is 6. The first-order valence-corrected chi connectivity index (χ1v) is 9.01. The summed E-state index contributed by atoms with van der Waals surface area (Å²) in [5.41, 5.74) is 1.77. The topological polar surface area (TPSA) is 52.7 Å². The molecule has 1 heterocycles. The van der Waals surface area contributed by atoms with Gasteiger partial charge in [-0.3, -0.25) is 14.5 Å². The summed E-state index contributed by atoms with van der Waals surface area (Å²) >= 11 is 5.50. The van der Waals surface area contributed by atoms with Crippen LogP contribution in [0.25, 0.3) is 0 Å². The minimum absolute atomic E-state index is 0.0667. The van der Waals surface area contributed by atoms with E-state index in [1.54, 1.807) is 4.90 Å². The zero-order valence-electron chi connectivity index (χ0n) is 14.6. The van der Waals surface area contributed by atoms with E-state index < -0.39 is 6.04 Å². The largest absolute Gasteiger partial charge is 0.332 e. The first kappa shape index (κ1) is 18.1. The maximum absolute atomic E-state index is 12.8. The molecule has 1 fully saturated rings. The number of thiocarbonyl (C=S) groups is 1. The summed E-state index contributed by atoms with van der Waals surface area (Å²) < 4.78 is 0. The predicted molar refractivity (Wildman–Crippen MR) is 105 cm³/mol. The summed E-state index contributed by atoms with van der Waals surface area (Å²) in [5.74, 6) is -0.315. The molecule has 2 aromatic rings. The van der Waals surface area contributed by atoms with E-state index in [1.807, 2.05) is 72.5 Å². The van der Waals surface area contributed by atoms with E-state index in [0.29, 0.717) is 23.9 Å². The van der Waals surface area contributed by atoms with Crippen molar-refractivity contribution in [3.63, 3.8) is 0 Å². The zero-order chi connectivity index (χ0) is 18.5. The summed E-state index contributed by atoms with van der Waals surface area (Å²) in [5, 5.41) is 3.33. The molecule has 134 valence electrons. The molecule has 26 heavy (non-hydrogen) atoms. The minimum Gasteiger partial charge on any atom is -0.332 e. The molecule has 1 atom stereocenters. The minimum atomic E-state index is -0.577. The molecule has 5 nitrogen and oxygen atoms in total. The van der Waals surface area contributed by atoms with Crippen LogP contribution in [0.2, 0.25) is 0 Å². The van der Waals surface area contributed by atoms with Gasteiger partial charge in [-0.2, -0.15) is 0 Å². The Morgan fingerprint density at radius 3 is 2.31 bits per heavy atom. The van der Waals surface area contributed by atoms with Crippen LogP contribution in [0.15, 0.2) is 60.7 Å². The van der Waals surface area contributed by atoms with E-state index in [9.17, 15) is 9.59 Å². The van der Waals surface area contributed by atoms with Crippen molar-refractivity contribution in [2.45, 2.75) is 25.9 Å². The summed E-state index contributed by atoms with van der Waals surface area (Å²) in [4.78, 5) is 28.6. The van der Waals surface area contributed by atoms with Gasteiger partial charge in [-0.1, -0.05) is 48.5 Å². The number of nitrogens with one attached hydrogen (secondary N) is 1. The molecular formula is C20H21N3O2S. The van der Waals surface area contributed by atoms with E-state index in [0.717, 1.165) is 5.56 Å². The Labute approximate surface area is 158 Å². The van der Waals surface area contributed by atoms with E-state index in [2.05, 4.69) is 5.32 Å². The first-order valence-electron chi connectivity index (χ1n) is 8.61. The fourth-order valence-corrected chi connectivity index (χ4v) is 3.46. The molecule has 2 amide bonds. The Morgan fingerprint density at radius 1 is 1.08 bits per heavy atom. The van der Waals surface area contributed by atoms with Gasteiger partial charge in [-0.15, -0.1) is 0 Å². The molecule has 0 saturated carbocycles. The Hall–Kier alpha value is -2.73. The Bertz CT molecular complexity index is 795. The van der Waals surface area contributed by atoms with Gasteiger partial charge in [0.1, 0.15) is 6.04 Å². The number of benzene rings is 2. The number of carbonyl (C=O) groups excluding carboxylic acids is 2. The quantitative estimate of drug-likeness (QED) is 0.798. The van der Waals surface area contributed by atoms with Crippen molar-refractivity contribution in [2.75, 3.05) is 11.9 Å². The molecule has 2 aromatic carbocycles. The van der Waals surface area contributed by atoms with E-state index >= 15 is 0 Å². The molecule has 0 spiro atoms. The Kier molecular flexibility index (Phi) is 5.63. The van der Waals surface area contributed by atoms with Crippen LogP contribution in [0, 0.1) is 0 Å². The molecule has 3 rings (SSSR count). The highest BCUT2D eigenvalue weighted by molar-refractivity contribution is 7.80. The molecule has 1 saturated heterocycles. The number of amides is 2. The van der Waals surface area contributed by atoms with Gasteiger partial charge in [0, 0.05) is 18.8 Å². The van der Waals surface area contributed by atoms with Crippen molar-refractivity contribution in [2.24, 2.45) is 0 Å². The maximum Gasteiger partial charge on any atom is 0.252 e. The smallest absolute Gasteiger partial charge is 0.252 e. The molecule has 0 radical (unpaired) electrons. The van der Waals surface area contributed by atoms with Crippen LogP contribution in [0.1, 0.15) is 18.9 Å². The third-order valence-corrected chi connectivity index (χ3v) is 4.81. The molecule has 0 aromatic heterocycles. The molecule has 1 aliphatic heterocycles. The maximum atomic E-state index is 12.8. The van der Waals surface area contributed by atoms with Gasteiger partial charge in [0.2, 0.25) is 5.91 Å². The van der Waals surface area contributed by atoms with E-state index in [1.165, 1.54) is 0 Å². The fraction of sp³-hybridized carbons (Fsp3) is 0.250. The van der Waals surface area contributed by atoms with Crippen LogP contribution < -0.4 is 5.32 Å². The van der Waals surface area contributed by atoms with Gasteiger partial charge < -0.3 is 10.2 Å². The number of anilines is 1. The molecule has 0 aliphatic carbocycles. The number of likely N-dealkylation sites (N-methyl/N-ethyl adjacent to an activating group) is 1. The van der Waals surface area contributed by atoms with Crippen molar-refractivity contribution < 1.29 is 9.59 Å². The summed E-state index contributed by atoms with van der Waals surface area (Å²) in [6, 6.07) is 18.5. The van der Waals surface area contributed by atoms with Crippen molar-refractivity contribution >= 4 is 34.8 Å². The summed E-state index contributed by atoms with van der Waals surface area (Å²) in [7, 11) is 0. The second-order valence-electron chi connectivity index (χ2n) is 6.11. The van der Waals surface area contributed by atoms with Crippen LogP contribution in [0.4, 0.5) is 5.69 Å². The van der Waals surface area contributed by atoms with Crippen LogP contribution >= 0.6 is 12.2 Å². The lowest BCUT2D eigenvalue weighted by molar-refractivity contribution is -0.130. The second kappa shape index (κ2) is 8.10. The molecule has 0 unspecified atom stereocenters. The molecule has 0 bridgehead atoms. The second-order valence-corrected chi connectivity index (χ2v) is 6.48. The molecule has 1 N–H and O–H groups in total. The average molecular weight is 367 g/mol. The van der Waals surface area contributed by atoms with Gasteiger partial charge in [0.05, 0.1) is 6.42 Å². The van der Waals surface area contributed by atoms with Gasteiger partial charge >= 0.3 is 0 Å². The van der Waals surface area contributed by atoms with Crippen LogP contribution in [0.3, 0.4) is 0 Å². The standard InChI is InChI=1S/C20H21N3O2S/c1-2-22-19(25)17(13-18(24)21-16-11-7-4-8-12-16)23(20(22)26)14-15-9-5-3-6-10-15/h3-12,17H,2,13-14H2,1H3,(H,21,24)/t17-/m1/s1. The number of hydrogen-bond acceptors (Lipinski definition) is 3. The monoisotopic (exact) mass is 367 g/mol. The van der Waals surface area contributed by atoms with Gasteiger partial charge in [-0.05, 0) is 36.8 Å². The van der Waals surface area contributed by atoms with Gasteiger partial charge in [0.15, 0.2) is 5.11 Å². The van der Waals surface area contributed by atoms with Crippen molar-refractivity contribution in [1.82, 2.24) is 9.80 Å². The number of hydrogen-bond donors (Lipinski definition) is 1. The summed E-state index contributed by atoms with van der Waals surface area (Å²) in [6.07, 6.45) is 0.0667. The van der Waals surface area contributed by atoms with Crippen molar-refractivity contribution in [3.05, 3.63) is 66.2 Å². The van der Waals surface area contributed by atoms with Crippen molar-refractivity contribution in [3.8, 4) is 0 Å². The fourth-order valence-electron chi connectivity index (χ4n) is 3.05. The Balaban J connectivity index is 1.76. The highest BCUT2D eigenvalue weighted by Crippen LogP contribution is 2.23. The van der Waals surface area contributed by atoms with Gasteiger partial charge in [-0.25, -0.2) is 0 Å². The number of nitrogens with zero attached hydrogens (tertiary/aromatic N) is 2. The third-order valence-electron chi connectivity index (χ3n) is 4.35. The van der Waals surface area contributed by atoms with E-state index in [4.69, 9.17) is 12.2 Å². The SMILES string of the molecule is CCN1C(=O)[C@@H](CC(=O)Nc2ccccc2)N(Cc2ccccc2)C1=S. The molecular weight excluding hydrogens is 346 g/mol. The highest BCUT2D eigenvalue weighted by atomic mass is 32.1. The van der Waals surface area contributed by atoms with Crippen molar-refractivity contribution in [1.29, 1.82) is 0 Å². The lowest BCUT2D eigenvalue weighted by Crippen LogP contribution is -2.37. The third kappa shape index (κ3) is 3.91. The Morgan fingerprint density at radius 2 is 1.69 bits per heavy atom.